The number of nitriles is 1. The molecule has 0 saturated carbocycles. The Hall–Kier alpha value is -3.27. The van der Waals surface area contributed by atoms with Gasteiger partial charge >= 0.3 is 6.09 Å². The Kier molecular flexibility index (Phi) is 7.81. The van der Waals surface area contributed by atoms with Crippen LogP contribution in [-0.2, 0) is 9.53 Å². The van der Waals surface area contributed by atoms with Crippen molar-refractivity contribution in [3.8, 4) is 6.07 Å². The summed E-state index contributed by atoms with van der Waals surface area (Å²) in [7, 11) is 5.11. The van der Waals surface area contributed by atoms with Gasteiger partial charge in [-0.3, -0.25) is 10.1 Å². The first kappa shape index (κ1) is 22.8. The number of nitrogens with one attached hydrogen (secondary N) is 2. The number of ether oxygens (including phenoxy) is 1. The number of hydrogen-bond acceptors (Lipinski definition) is 6. The number of carbonyl (C=O) groups excluding carboxylic acids is 2. The molecular formula is C21H28N4O3. The van der Waals surface area contributed by atoms with Crippen LogP contribution < -0.4 is 10.6 Å². The van der Waals surface area contributed by atoms with Crippen molar-refractivity contribution in [3.63, 3.8) is 0 Å². The average Bonchev–Trinajstić information content (AvgIpc) is 2.57. The summed E-state index contributed by atoms with van der Waals surface area (Å²) in [4.78, 5) is 26.1. The lowest BCUT2D eigenvalue weighted by molar-refractivity contribution is -0.112. The number of aryl methyl sites for hydroxylation is 1. The quantitative estimate of drug-likeness (QED) is 0.576. The van der Waals surface area contributed by atoms with Crippen LogP contribution in [0.3, 0.4) is 0 Å². The Balaban J connectivity index is 3.08. The summed E-state index contributed by atoms with van der Waals surface area (Å²) in [5.41, 5.74) is 1.93. The molecule has 0 aliphatic heterocycles. The Morgan fingerprint density at radius 2 is 1.89 bits per heavy atom. The number of anilines is 1. The van der Waals surface area contributed by atoms with Gasteiger partial charge in [0.1, 0.15) is 17.2 Å². The van der Waals surface area contributed by atoms with Gasteiger partial charge in [0.25, 0.3) is 0 Å². The van der Waals surface area contributed by atoms with Crippen molar-refractivity contribution in [2.45, 2.75) is 33.3 Å². The minimum Gasteiger partial charge on any atom is -0.444 e. The molecule has 0 aromatic heterocycles. The van der Waals surface area contributed by atoms with Gasteiger partial charge in [0, 0.05) is 33.0 Å². The Morgan fingerprint density at radius 1 is 1.25 bits per heavy atom. The number of likely N-dealkylation sites (N-methyl/N-ethyl adjacent to an activating group) is 1. The van der Waals surface area contributed by atoms with Gasteiger partial charge in [0.2, 0.25) is 5.78 Å². The van der Waals surface area contributed by atoms with Crippen LogP contribution in [0.2, 0.25) is 0 Å². The highest BCUT2D eigenvalue weighted by Crippen LogP contribution is 2.20. The topological polar surface area (TPSA) is 94.5 Å². The highest BCUT2D eigenvalue weighted by molar-refractivity contribution is 6.12. The summed E-state index contributed by atoms with van der Waals surface area (Å²) >= 11 is 0. The van der Waals surface area contributed by atoms with E-state index < -0.39 is 17.5 Å². The smallest absolute Gasteiger partial charge is 0.412 e. The van der Waals surface area contributed by atoms with E-state index in [1.54, 1.807) is 65.0 Å². The predicted molar refractivity (Wildman–Crippen MR) is 110 cm³/mol. The van der Waals surface area contributed by atoms with E-state index in [9.17, 15) is 14.9 Å². The maximum absolute atomic E-state index is 12.6. The molecule has 0 unspecified atom stereocenters. The summed E-state index contributed by atoms with van der Waals surface area (Å²) in [5, 5.41) is 14.8. The van der Waals surface area contributed by atoms with Crippen molar-refractivity contribution < 1.29 is 14.3 Å². The number of ketones is 1. The number of Topliss-reactive ketones (excluding diaryl/α,β-unsaturated/α-hetero) is 1. The second-order valence-corrected chi connectivity index (χ2v) is 7.46. The van der Waals surface area contributed by atoms with E-state index in [1.807, 2.05) is 19.1 Å². The third-order valence-electron chi connectivity index (χ3n) is 3.46. The first-order chi connectivity index (χ1) is 13.0. The fourth-order valence-electron chi connectivity index (χ4n) is 2.29. The van der Waals surface area contributed by atoms with E-state index in [-0.39, 0.29) is 5.57 Å². The summed E-state index contributed by atoms with van der Waals surface area (Å²) in [6.07, 6.45) is 2.61. The van der Waals surface area contributed by atoms with Gasteiger partial charge in [0.05, 0.1) is 5.70 Å². The van der Waals surface area contributed by atoms with E-state index in [0.29, 0.717) is 11.4 Å². The molecule has 2 N–H and O–H groups in total. The zero-order chi connectivity index (χ0) is 21.5. The second-order valence-electron chi connectivity index (χ2n) is 7.46. The number of allylic oxidation sites excluding steroid dienone is 1. The third-order valence-corrected chi connectivity index (χ3v) is 3.46. The minimum atomic E-state index is -0.582. The lowest BCUT2D eigenvalue weighted by Gasteiger charge is -2.20. The molecule has 1 amide bonds. The van der Waals surface area contributed by atoms with Crippen LogP contribution in [0.25, 0.3) is 6.08 Å². The maximum atomic E-state index is 12.6. The lowest BCUT2D eigenvalue weighted by Crippen LogP contribution is -2.27. The third kappa shape index (κ3) is 7.16. The Labute approximate surface area is 166 Å². The van der Waals surface area contributed by atoms with Crippen LogP contribution in [0.4, 0.5) is 10.5 Å². The molecule has 0 bridgehead atoms. The molecule has 0 radical (unpaired) electrons. The normalized spacial score (nSPS) is 12.1. The van der Waals surface area contributed by atoms with Crippen molar-refractivity contribution in [2.75, 3.05) is 26.5 Å². The fourth-order valence-corrected chi connectivity index (χ4v) is 2.29. The Bertz CT molecular complexity index is 840. The summed E-state index contributed by atoms with van der Waals surface area (Å²) in [6.45, 7) is 7.23. The van der Waals surface area contributed by atoms with Crippen LogP contribution in [0.5, 0.6) is 0 Å². The molecule has 7 nitrogen and oxygen atoms in total. The molecule has 1 aromatic rings. The van der Waals surface area contributed by atoms with Crippen molar-refractivity contribution >= 4 is 23.6 Å². The van der Waals surface area contributed by atoms with E-state index in [0.717, 1.165) is 11.1 Å². The Morgan fingerprint density at radius 3 is 2.36 bits per heavy atom. The summed E-state index contributed by atoms with van der Waals surface area (Å²) in [6, 6.07) is 7.26. The molecule has 0 aliphatic carbocycles. The first-order valence-electron chi connectivity index (χ1n) is 8.80. The van der Waals surface area contributed by atoms with Crippen LogP contribution in [0.15, 0.2) is 35.7 Å². The number of nitrogens with zero attached hydrogens (tertiary/aromatic N) is 2. The van der Waals surface area contributed by atoms with E-state index in [1.165, 1.54) is 6.20 Å². The van der Waals surface area contributed by atoms with Gasteiger partial charge < -0.3 is 15.0 Å². The molecule has 150 valence electrons. The number of rotatable bonds is 6. The molecule has 0 saturated heterocycles. The standard InChI is InChI=1S/C21H28N4O3/c1-14-10-15(8-9-17(14)24-20(27)28-21(2,3)4)11-18(23-5)19(26)16(12-22)13-25(6)7/h8-11,13,23H,1-7H3,(H,24,27)/b16-13+,18-11-. The van der Waals surface area contributed by atoms with Gasteiger partial charge in [-0.05, 0) is 57.0 Å². The van der Waals surface area contributed by atoms with E-state index >= 15 is 0 Å². The summed E-state index contributed by atoms with van der Waals surface area (Å²) < 4.78 is 5.25. The fraction of sp³-hybridized carbons (Fsp3) is 0.381. The maximum Gasteiger partial charge on any atom is 0.412 e. The molecule has 7 heteroatoms. The van der Waals surface area contributed by atoms with Gasteiger partial charge in [-0.2, -0.15) is 5.26 Å². The molecule has 0 fully saturated rings. The molecule has 28 heavy (non-hydrogen) atoms. The van der Waals surface area contributed by atoms with Crippen LogP contribution >= 0.6 is 0 Å². The molecule has 0 aliphatic rings. The number of benzene rings is 1. The summed E-state index contributed by atoms with van der Waals surface area (Å²) in [5.74, 6) is -0.396. The zero-order valence-electron chi connectivity index (χ0n) is 17.5. The van der Waals surface area contributed by atoms with Gasteiger partial charge in [-0.15, -0.1) is 0 Å². The van der Waals surface area contributed by atoms with Gasteiger partial charge in [0.15, 0.2) is 0 Å². The average molecular weight is 384 g/mol. The number of amides is 1. The predicted octanol–water partition coefficient (Wildman–Crippen LogP) is 3.44. The van der Waals surface area contributed by atoms with E-state index in [2.05, 4.69) is 10.6 Å². The largest absolute Gasteiger partial charge is 0.444 e. The van der Waals surface area contributed by atoms with Crippen molar-refractivity contribution in [1.29, 1.82) is 5.26 Å². The van der Waals surface area contributed by atoms with Crippen molar-refractivity contribution in [1.82, 2.24) is 10.2 Å². The number of carbonyl (C=O) groups is 2. The number of hydrogen-bond donors (Lipinski definition) is 2. The molecule has 1 rings (SSSR count). The highest BCUT2D eigenvalue weighted by Gasteiger charge is 2.17. The molecule has 0 atom stereocenters. The van der Waals surface area contributed by atoms with Crippen LogP contribution in [0, 0.1) is 18.3 Å². The van der Waals surface area contributed by atoms with Crippen LogP contribution in [0.1, 0.15) is 31.9 Å². The van der Waals surface area contributed by atoms with Gasteiger partial charge in [-0.25, -0.2) is 4.79 Å². The monoisotopic (exact) mass is 384 g/mol. The lowest BCUT2D eigenvalue weighted by atomic mass is 10.1. The highest BCUT2D eigenvalue weighted by atomic mass is 16.6. The first-order valence-corrected chi connectivity index (χ1v) is 8.80. The van der Waals surface area contributed by atoms with Crippen LogP contribution in [-0.4, -0.2) is 43.5 Å². The molecule has 0 heterocycles. The minimum absolute atomic E-state index is 0.0329. The second kappa shape index (κ2) is 9.60. The van der Waals surface area contributed by atoms with Crippen molar-refractivity contribution in [2.24, 2.45) is 0 Å². The SMILES string of the molecule is CN/C(=C\c1ccc(NC(=O)OC(C)(C)C)c(C)c1)C(=O)/C(C#N)=C/N(C)C. The van der Waals surface area contributed by atoms with Gasteiger partial charge in [-0.1, -0.05) is 6.07 Å². The molecular weight excluding hydrogens is 356 g/mol. The molecule has 0 spiro atoms. The van der Waals surface area contributed by atoms with E-state index in [4.69, 9.17) is 4.74 Å². The zero-order valence-corrected chi connectivity index (χ0v) is 17.5. The van der Waals surface area contributed by atoms with Crippen molar-refractivity contribution in [3.05, 3.63) is 46.8 Å². The molecule has 1 aromatic carbocycles.